The van der Waals surface area contributed by atoms with E-state index in [-0.39, 0.29) is 12.5 Å². The Morgan fingerprint density at radius 2 is 2.03 bits per heavy atom. The van der Waals surface area contributed by atoms with Crippen LogP contribution >= 0.6 is 23.2 Å². The molecule has 2 heterocycles. The summed E-state index contributed by atoms with van der Waals surface area (Å²) in [6.07, 6.45) is 0. The van der Waals surface area contributed by atoms with Crippen LogP contribution in [0.4, 0.5) is 11.4 Å². The molecule has 2 aromatic carbocycles. The van der Waals surface area contributed by atoms with E-state index in [0.717, 1.165) is 22.3 Å². The highest BCUT2D eigenvalue weighted by Gasteiger charge is 2.34. The van der Waals surface area contributed by atoms with E-state index in [9.17, 15) is 4.79 Å². The largest absolute Gasteiger partial charge is 0.326 e. The van der Waals surface area contributed by atoms with Crippen LogP contribution in [0.1, 0.15) is 27.3 Å². The molecule has 1 aliphatic heterocycles. The van der Waals surface area contributed by atoms with Gasteiger partial charge in [-0.15, -0.1) is 0 Å². The van der Waals surface area contributed by atoms with Gasteiger partial charge in [-0.1, -0.05) is 41.4 Å². The molecule has 0 aliphatic carbocycles. The van der Waals surface area contributed by atoms with E-state index in [1.54, 1.807) is 35.2 Å². The number of aryl methyl sites for hydroxylation is 1. The molecule has 1 aliphatic rings. The Labute approximate surface area is 178 Å². The van der Waals surface area contributed by atoms with Gasteiger partial charge in [0.25, 0.3) is 5.91 Å². The number of hydrogen-bond acceptors (Lipinski definition) is 3. The molecular weight excluding hydrogens is 407 g/mol. The third-order valence-corrected chi connectivity index (χ3v) is 5.59. The fourth-order valence-electron chi connectivity index (χ4n) is 3.68. The van der Waals surface area contributed by atoms with Gasteiger partial charge < -0.3 is 10.6 Å². The summed E-state index contributed by atoms with van der Waals surface area (Å²) in [7, 11) is 0. The van der Waals surface area contributed by atoms with Gasteiger partial charge in [-0.25, -0.2) is 9.83 Å². The van der Waals surface area contributed by atoms with Crippen LogP contribution in [-0.2, 0) is 13.1 Å². The number of carbonyl (C=O) groups is 1. The number of amides is 1. The van der Waals surface area contributed by atoms with E-state index < -0.39 is 0 Å². The number of benzene rings is 2. The van der Waals surface area contributed by atoms with E-state index in [0.29, 0.717) is 39.4 Å². The van der Waals surface area contributed by atoms with E-state index in [1.165, 1.54) is 0 Å². The molecule has 0 saturated carbocycles. The zero-order chi connectivity index (χ0) is 20.7. The fraction of sp³-hybridized carbons (Fsp3) is 0.136. The van der Waals surface area contributed by atoms with Crippen LogP contribution in [0.15, 0.2) is 42.5 Å². The molecule has 5 nitrogen and oxygen atoms in total. The summed E-state index contributed by atoms with van der Waals surface area (Å²) in [5.41, 5.74) is 11.5. The standard InChI is InChI=1S/C22H16Cl2N4O/c1-12-17(10-25)20(16-7-6-13(23)8-19(16)24)18-11-28(22(29)21(18)27-12)15-5-3-4-14(9-15)26-2/h3-9H,10-11,25H2,1H3. The lowest BCUT2D eigenvalue weighted by atomic mass is 9.93. The van der Waals surface area contributed by atoms with Crippen molar-refractivity contribution in [2.45, 2.75) is 20.0 Å². The minimum absolute atomic E-state index is 0.208. The molecule has 3 aromatic rings. The van der Waals surface area contributed by atoms with Crippen LogP contribution in [0.2, 0.25) is 10.0 Å². The van der Waals surface area contributed by atoms with Crippen LogP contribution in [0.5, 0.6) is 0 Å². The van der Waals surface area contributed by atoms with Crippen LogP contribution in [-0.4, -0.2) is 10.9 Å². The second-order valence-corrected chi connectivity index (χ2v) is 7.57. The molecule has 0 atom stereocenters. The average Bonchev–Trinajstić information content (AvgIpc) is 3.03. The van der Waals surface area contributed by atoms with Crippen LogP contribution in [0.3, 0.4) is 0 Å². The first-order valence-corrected chi connectivity index (χ1v) is 9.67. The molecule has 1 amide bonds. The summed E-state index contributed by atoms with van der Waals surface area (Å²) in [5, 5.41) is 1.02. The van der Waals surface area contributed by atoms with Crippen molar-refractivity contribution in [1.29, 1.82) is 0 Å². The third-order valence-electron chi connectivity index (χ3n) is 5.04. The van der Waals surface area contributed by atoms with Crippen molar-refractivity contribution in [3.05, 3.63) is 86.4 Å². The number of anilines is 1. The van der Waals surface area contributed by atoms with Crippen LogP contribution < -0.4 is 10.6 Å². The van der Waals surface area contributed by atoms with Gasteiger partial charge in [0.2, 0.25) is 0 Å². The maximum Gasteiger partial charge on any atom is 0.277 e. The summed E-state index contributed by atoms with van der Waals surface area (Å²) < 4.78 is 0. The van der Waals surface area contributed by atoms with Crippen molar-refractivity contribution in [2.24, 2.45) is 5.73 Å². The van der Waals surface area contributed by atoms with Crippen LogP contribution in [0.25, 0.3) is 16.0 Å². The Hall–Kier alpha value is -2.91. The maximum absolute atomic E-state index is 13.2. The van der Waals surface area contributed by atoms with Crippen molar-refractivity contribution in [1.82, 2.24) is 4.98 Å². The van der Waals surface area contributed by atoms with E-state index >= 15 is 0 Å². The highest BCUT2D eigenvalue weighted by atomic mass is 35.5. The smallest absolute Gasteiger partial charge is 0.277 e. The van der Waals surface area contributed by atoms with Gasteiger partial charge in [0, 0.05) is 39.1 Å². The number of pyridine rings is 1. The second kappa shape index (κ2) is 7.49. The van der Waals surface area contributed by atoms with Gasteiger partial charge in [0.1, 0.15) is 5.69 Å². The fourth-order valence-corrected chi connectivity index (χ4v) is 4.18. The van der Waals surface area contributed by atoms with Crippen molar-refractivity contribution < 1.29 is 4.79 Å². The van der Waals surface area contributed by atoms with Gasteiger partial charge in [0.05, 0.1) is 13.1 Å². The number of fused-ring (bicyclic) bond motifs is 1. The Morgan fingerprint density at radius 3 is 2.72 bits per heavy atom. The number of rotatable bonds is 3. The molecule has 0 spiro atoms. The number of halogens is 2. The first-order chi connectivity index (χ1) is 13.9. The molecule has 2 N–H and O–H groups in total. The highest BCUT2D eigenvalue weighted by molar-refractivity contribution is 6.36. The summed E-state index contributed by atoms with van der Waals surface area (Å²) in [4.78, 5) is 22.8. The minimum Gasteiger partial charge on any atom is -0.326 e. The number of hydrogen-bond donors (Lipinski definition) is 1. The predicted octanol–water partition coefficient (Wildman–Crippen LogP) is 5.53. The molecule has 4 rings (SSSR count). The molecule has 0 saturated heterocycles. The summed E-state index contributed by atoms with van der Waals surface area (Å²) in [6.45, 7) is 9.66. The lowest BCUT2D eigenvalue weighted by Crippen LogP contribution is -2.23. The first kappa shape index (κ1) is 19.4. The molecule has 144 valence electrons. The number of carbonyl (C=O) groups excluding carboxylic acids is 1. The van der Waals surface area contributed by atoms with E-state index in [2.05, 4.69) is 9.83 Å². The Bertz CT molecular complexity index is 1200. The van der Waals surface area contributed by atoms with Gasteiger partial charge in [-0.2, -0.15) is 0 Å². The van der Waals surface area contributed by atoms with Gasteiger partial charge in [-0.05, 0) is 42.3 Å². The molecule has 7 heteroatoms. The van der Waals surface area contributed by atoms with Crippen molar-refractivity contribution in [3.8, 4) is 11.1 Å². The molecule has 0 radical (unpaired) electrons. The molecule has 0 unspecified atom stereocenters. The summed E-state index contributed by atoms with van der Waals surface area (Å²) in [6, 6.07) is 12.3. The zero-order valence-electron chi connectivity index (χ0n) is 15.5. The van der Waals surface area contributed by atoms with Crippen molar-refractivity contribution >= 4 is 40.5 Å². The molecule has 0 bridgehead atoms. The van der Waals surface area contributed by atoms with Gasteiger partial charge >= 0.3 is 0 Å². The number of nitrogens with two attached hydrogens (primary N) is 1. The van der Waals surface area contributed by atoms with Gasteiger partial charge in [-0.3, -0.25) is 4.79 Å². The predicted molar refractivity (Wildman–Crippen MR) is 116 cm³/mol. The SMILES string of the molecule is [C-]#[N+]c1cccc(N2Cc3c(nc(C)c(CN)c3-c3ccc(Cl)cc3Cl)C2=O)c1. The normalized spacial score (nSPS) is 12.8. The highest BCUT2D eigenvalue weighted by Crippen LogP contribution is 2.41. The topological polar surface area (TPSA) is 63.6 Å². The van der Waals surface area contributed by atoms with Crippen molar-refractivity contribution in [3.63, 3.8) is 0 Å². The Morgan fingerprint density at radius 1 is 1.24 bits per heavy atom. The lowest BCUT2D eigenvalue weighted by molar-refractivity contribution is 0.0992. The zero-order valence-corrected chi connectivity index (χ0v) is 17.1. The monoisotopic (exact) mass is 422 g/mol. The number of nitrogens with zero attached hydrogens (tertiary/aromatic N) is 3. The molecule has 0 fully saturated rings. The summed E-state index contributed by atoms with van der Waals surface area (Å²) in [5.74, 6) is -0.208. The molecule has 1 aromatic heterocycles. The van der Waals surface area contributed by atoms with E-state index in [4.69, 9.17) is 35.5 Å². The van der Waals surface area contributed by atoms with E-state index in [1.807, 2.05) is 19.1 Å². The Balaban J connectivity index is 1.92. The summed E-state index contributed by atoms with van der Waals surface area (Å²) >= 11 is 12.6. The maximum atomic E-state index is 13.2. The molecule has 29 heavy (non-hydrogen) atoms. The number of aromatic nitrogens is 1. The minimum atomic E-state index is -0.208. The van der Waals surface area contributed by atoms with Crippen molar-refractivity contribution in [2.75, 3.05) is 4.90 Å². The lowest BCUT2D eigenvalue weighted by Gasteiger charge is -2.17. The Kier molecular flexibility index (Phi) is 5.01. The average molecular weight is 423 g/mol. The third kappa shape index (κ3) is 3.26. The quantitative estimate of drug-likeness (QED) is 0.563. The van der Waals surface area contributed by atoms with Gasteiger partial charge in [0.15, 0.2) is 5.69 Å². The molecular formula is C22H16Cl2N4O. The van der Waals surface area contributed by atoms with Crippen LogP contribution in [0, 0.1) is 13.5 Å². The second-order valence-electron chi connectivity index (χ2n) is 6.73. The first-order valence-electron chi connectivity index (χ1n) is 8.91.